The molecule has 2 heteroatoms. The molecule has 0 aromatic heterocycles. The summed E-state index contributed by atoms with van der Waals surface area (Å²) in [6, 6.07) is 8.47. The maximum atomic E-state index is 5.61. The van der Waals surface area contributed by atoms with Crippen LogP contribution in [0.1, 0.15) is 25.8 Å². The highest BCUT2D eigenvalue weighted by atomic mass is 127. The molecule has 0 spiro atoms. The largest absolute Gasteiger partial charge is 0.376 e. The third-order valence-corrected chi connectivity index (χ3v) is 3.00. The monoisotopic (exact) mass is 304 g/mol. The highest BCUT2D eigenvalue weighted by Gasteiger charge is 1.98. The standard InChI is InChI=1S/C12H17IO/c1-3-10(2)8-14-9-11-4-6-12(13)7-5-11/h4-7,10H,3,8-9H2,1-2H3/t10-/m1/s1. The number of hydrogen-bond acceptors (Lipinski definition) is 1. The van der Waals surface area contributed by atoms with Crippen molar-refractivity contribution in [1.29, 1.82) is 0 Å². The van der Waals surface area contributed by atoms with Gasteiger partial charge in [0.05, 0.1) is 6.61 Å². The summed E-state index contributed by atoms with van der Waals surface area (Å²) in [5, 5.41) is 0. The lowest BCUT2D eigenvalue weighted by Gasteiger charge is -2.09. The van der Waals surface area contributed by atoms with Gasteiger partial charge in [0, 0.05) is 10.2 Å². The Morgan fingerprint density at radius 1 is 1.29 bits per heavy atom. The van der Waals surface area contributed by atoms with E-state index >= 15 is 0 Å². The van der Waals surface area contributed by atoms with Crippen LogP contribution in [0.2, 0.25) is 0 Å². The van der Waals surface area contributed by atoms with Gasteiger partial charge in [0.1, 0.15) is 0 Å². The van der Waals surface area contributed by atoms with E-state index in [1.54, 1.807) is 0 Å². The van der Waals surface area contributed by atoms with E-state index in [0.717, 1.165) is 13.2 Å². The van der Waals surface area contributed by atoms with Crippen LogP contribution in [0, 0.1) is 9.49 Å². The fourth-order valence-electron chi connectivity index (χ4n) is 1.08. The van der Waals surface area contributed by atoms with Crippen molar-refractivity contribution in [2.75, 3.05) is 6.61 Å². The summed E-state index contributed by atoms with van der Waals surface area (Å²) in [5.41, 5.74) is 1.26. The van der Waals surface area contributed by atoms with Crippen molar-refractivity contribution in [1.82, 2.24) is 0 Å². The summed E-state index contributed by atoms with van der Waals surface area (Å²) in [5.74, 6) is 0.666. The molecule has 1 nitrogen and oxygen atoms in total. The van der Waals surface area contributed by atoms with Crippen molar-refractivity contribution in [2.24, 2.45) is 5.92 Å². The van der Waals surface area contributed by atoms with E-state index in [1.807, 2.05) is 0 Å². The Hall–Kier alpha value is -0.0900. The molecule has 14 heavy (non-hydrogen) atoms. The predicted molar refractivity (Wildman–Crippen MR) is 68.3 cm³/mol. The number of hydrogen-bond donors (Lipinski definition) is 0. The normalized spacial score (nSPS) is 12.8. The summed E-state index contributed by atoms with van der Waals surface area (Å²) >= 11 is 2.31. The van der Waals surface area contributed by atoms with Crippen molar-refractivity contribution in [3.8, 4) is 0 Å². The maximum Gasteiger partial charge on any atom is 0.0717 e. The SMILES string of the molecule is CC[C@@H](C)COCc1ccc(I)cc1. The van der Waals surface area contributed by atoms with Gasteiger partial charge in [-0.1, -0.05) is 32.4 Å². The average molecular weight is 304 g/mol. The van der Waals surface area contributed by atoms with Crippen LogP contribution in [-0.4, -0.2) is 6.61 Å². The summed E-state index contributed by atoms with van der Waals surface area (Å²) in [4.78, 5) is 0. The molecule has 1 atom stereocenters. The van der Waals surface area contributed by atoms with Crippen LogP contribution in [0.15, 0.2) is 24.3 Å². The van der Waals surface area contributed by atoms with E-state index in [9.17, 15) is 0 Å². The van der Waals surface area contributed by atoms with Crippen LogP contribution in [-0.2, 0) is 11.3 Å². The Bertz CT molecular complexity index is 256. The molecule has 0 N–H and O–H groups in total. The summed E-state index contributed by atoms with van der Waals surface area (Å²) < 4.78 is 6.88. The van der Waals surface area contributed by atoms with E-state index in [-0.39, 0.29) is 0 Å². The second-order valence-corrected chi connectivity index (χ2v) is 4.90. The van der Waals surface area contributed by atoms with Crippen LogP contribution >= 0.6 is 22.6 Å². The van der Waals surface area contributed by atoms with Gasteiger partial charge in [0.15, 0.2) is 0 Å². The van der Waals surface area contributed by atoms with Crippen molar-refractivity contribution in [3.05, 3.63) is 33.4 Å². The van der Waals surface area contributed by atoms with Gasteiger partial charge in [-0.25, -0.2) is 0 Å². The highest BCUT2D eigenvalue weighted by Crippen LogP contribution is 2.09. The zero-order valence-corrected chi connectivity index (χ0v) is 11.0. The molecule has 0 heterocycles. The molecular formula is C12H17IO. The summed E-state index contributed by atoms with van der Waals surface area (Å²) in [6.07, 6.45) is 1.19. The Morgan fingerprint density at radius 2 is 1.93 bits per heavy atom. The van der Waals surface area contributed by atoms with Crippen LogP contribution in [0.3, 0.4) is 0 Å². The number of rotatable bonds is 5. The first-order valence-electron chi connectivity index (χ1n) is 5.04. The van der Waals surface area contributed by atoms with Gasteiger partial charge >= 0.3 is 0 Å². The topological polar surface area (TPSA) is 9.23 Å². The van der Waals surface area contributed by atoms with E-state index < -0.39 is 0 Å². The molecule has 78 valence electrons. The van der Waals surface area contributed by atoms with Gasteiger partial charge in [-0.3, -0.25) is 0 Å². The molecule has 0 bridgehead atoms. The average Bonchev–Trinajstić information content (AvgIpc) is 2.21. The fourth-order valence-corrected chi connectivity index (χ4v) is 1.44. The molecule has 1 aromatic carbocycles. The van der Waals surface area contributed by atoms with Crippen molar-refractivity contribution in [2.45, 2.75) is 26.9 Å². The molecule has 1 aromatic rings. The van der Waals surface area contributed by atoms with Crippen LogP contribution in [0.4, 0.5) is 0 Å². The molecule has 0 aliphatic rings. The van der Waals surface area contributed by atoms with Crippen molar-refractivity contribution >= 4 is 22.6 Å². The molecule has 0 saturated carbocycles. The Morgan fingerprint density at radius 3 is 2.50 bits per heavy atom. The first kappa shape index (κ1) is 12.0. The molecule has 0 amide bonds. The molecular weight excluding hydrogens is 287 g/mol. The third-order valence-electron chi connectivity index (χ3n) is 2.28. The van der Waals surface area contributed by atoms with Crippen LogP contribution in [0.25, 0.3) is 0 Å². The van der Waals surface area contributed by atoms with Gasteiger partial charge in [0.25, 0.3) is 0 Å². The van der Waals surface area contributed by atoms with Gasteiger partial charge in [-0.15, -0.1) is 0 Å². The highest BCUT2D eigenvalue weighted by molar-refractivity contribution is 14.1. The lowest BCUT2D eigenvalue weighted by molar-refractivity contribution is 0.0910. The first-order valence-corrected chi connectivity index (χ1v) is 6.12. The quantitative estimate of drug-likeness (QED) is 0.751. The Labute approximate surface area is 100.0 Å². The number of ether oxygens (including phenoxy) is 1. The van der Waals surface area contributed by atoms with Crippen molar-refractivity contribution < 1.29 is 4.74 Å². The number of benzene rings is 1. The predicted octanol–water partition coefficient (Wildman–Crippen LogP) is 3.85. The first-order chi connectivity index (χ1) is 6.72. The minimum absolute atomic E-state index is 0.666. The van der Waals surface area contributed by atoms with Crippen LogP contribution < -0.4 is 0 Å². The van der Waals surface area contributed by atoms with Crippen molar-refractivity contribution in [3.63, 3.8) is 0 Å². The van der Waals surface area contributed by atoms with Gasteiger partial charge < -0.3 is 4.74 Å². The zero-order valence-electron chi connectivity index (χ0n) is 8.79. The van der Waals surface area contributed by atoms with E-state index in [2.05, 4.69) is 60.7 Å². The maximum absolute atomic E-state index is 5.61. The third kappa shape index (κ3) is 4.42. The Kier molecular flexibility index (Phi) is 5.48. The molecule has 0 saturated heterocycles. The number of halogens is 1. The Balaban J connectivity index is 2.28. The molecule has 0 aliphatic carbocycles. The van der Waals surface area contributed by atoms with E-state index in [4.69, 9.17) is 4.74 Å². The van der Waals surface area contributed by atoms with Gasteiger partial charge in [0.2, 0.25) is 0 Å². The minimum Gasteiger partial charge on any atom is -0.376 e. The minimum atomic E-state index is 0.666. The molecule has 1 rings (SSSR count). The molecule has 0 unspecified atom stereocenters. The zero-order chi connectivity index (χ0) is 10.4. The van der Waals surface area contributed by atoms with Gasteiger partial charge in [-0.2, -0.15) is 0 Å². The lowest BCUT2D eigenvalue weighted by Crippen LogP contribution is -2.04. The molecule has 0 fully saturated rings. The van der Waals surface area contributed by atoms with Gasteiger partial charge in [-0.05, 0) is 46.2 Å². The molecule has 0 radical (unpaired) electrons. The summed E-state index contributed by atoms with van der Waals surface area (Å²) in [6.45, 7) is 6.01. The second-order valence-electron chi connectivity index (χ2n) is 3.66. The lowest BCUT2D eigenvalue weighted by atomic mass is 10.1. The van der Waals surface area contributed by atoms with Crippen LogP contribution in [0.5, 0.6) is 0 Å². The fraction of sp³-hybridized carbons (Fsp3) is 0.500. The van der Waals surface area contributed by atoms with E-state index in [0.29, 0.717) is 5.92 Å². The summed E-state index contributed by atoms with van der Waals surface area (Å²) in [7, 11) is 0. The molecule has 0 aliphatic heterocycles. The smallest absolute Gasteiger partial charge is 0.0717 e. The second kappa shape index (κ2) is 6.40. The van der Waals surface area contributed by atoms with E-state index in [1.165, 1.54) is 15.6 Å².